The van der Waals surface area contributed by atoms with Gasteiger partial charge in [0, 0.05) is 18.3 Å². The number of rotatable bonds is 5. The molecular weight excluding hydrogens is 316 g/mol. The maximum atomic E-state index is 12.3. The van der Waals surface area contributed by atoms with E-state index in [1.807, 2.05) is 45.2 Å². The van der Waals surface area contributed by atoms with Crippen molar-refractivity contribution in [2.24, 2.45) is 12.8 Å². The van der Waals surface area contributed by atoms with Crippen LogP contribution in [-0.4, -0.2) is 25.7 Å². The van der Waals surface area contributed by atoms with Crippen molar-refractivity contribution < 1.29 is 4.79 Å². The van der Waals surface area contributed by atoms with Crippen LogP contribution in [-0.2, 0) is 18.4 Å². The molecule has 3 rings (SSSR count). The number of aromatic amines is 1. The van der Waals surface area contributed by atoms with Crippen LogP contribution >= 0.6 is 0 Å². The van der Waals surface area contributed by atoms with Gasteiger partial charge in [0.1, 0.15) is 11.9 Å². The summed E-state index contributed by atoms with van der Waals surface area (Å²) in [5.74, 6) is 0.420. The van der Waals surface area contributed by atoms with Crippen LogP contribution < -0.4 is 11.1 Å². The van der Waals surface area contributed by atoms with Crippen molar-refractivity contribution in [1.29, 1.82) is 0 Å². The van der Waals surface area contributed by atoms with E-state index >= 15 is 0 Å². The van der Waals surface area contributed by atoms with Gasteiger partial charge in [-0.3, -0.25) is 9.48 Å². The molecule has 0 spiro atoms. The smallest absolute Gasteiger partial charge is 0.242 e. The molecule has 130 valence electrons. The summed E-state index contributed by atoms with van der Waals surface area (Å²) < 4.78 is 1.70. The zero-order valence-electron chi connectivity index (χ0n) is 14.6. The van der Waals surface area contributed by atoms with Gasteiger partial charge < -0.3 is 16.0 Å². The predicted octanol–water partition coefficient (Wildman–Crippen LogP) is 1.74. The average Bonchev–Trinajstić information content (AvgIpc) is 3.20. The van der Waals surface area contributed by atoms with Crippen LogP contribution in [0.2, 0.25) is 0 Å². The van der Waals surface area contributed by atoms with Crippen molar-refractivity contribution >= 4 is 5.91 Å². The molecule has 0 aliphatic carbocycles. The molecule has 4 N–H and O–H groups in total. The van der Waals surface area contributed by atoms with Crippen LogP contribution in [0.5, 0.6) is 0 Å². The van der Waals surface area contributed by atoms with Gasteiger partial charge in [-0.2, -0.15) is 5.10 Å². The zero-order valence-corrected chi connectivity index (χ0v) is 14.6. The lowest BCUT2D eigenvalue weighted by Crippen LogP contribution is -2.34. The molecule has 0 radical (unpaired) electrons. The zero-order chi connectivity index (χ0) is 18.0. The Labute approximate surface area is 146 Å². The highest BCUT2D eigenvalue weighted by molar-refractivity contribution is 5.83. The third-order valence-corrected chi connectivity index (χ3v) is 4.31. The number of amides is 1. The first-order valence-electron chi connectivity index (χ1n) is 8.08. The molecule has 1 atom stereocenters. The predicted molar refractivity (Wildman–Crippen MR) is 95.5 cm³/mol. The molecule has 0 bridgehead atoms. The number of hydrogen-bond acceptors (Lipinski definition) is 4. The minimum atomic E-state index is -0.750. The first-order valence-corrected chi connectivity index (χ1v) is 8.08. The number of hydrogen-bond donors (Lipinski definition) is 3. The van der Waals surface area contributed by atoms with Gasteiger partial charge in [-0.15, -0.1) is 0 Å². The van der Waals surface area contributed by atoms with Gasteiger partial charge in [-0.1, -0.05) is 29.8 Å². The molecule has 1 amide bonds. The van der Waals surface area contributed by atoms with Gasteiger partial charge in [0.25, 0.3) is 0 Å². The van der Waals surface area contributed by atoms with E-state index in [9.17, 15) is 4.79 Å². The number of nitrogens with one attached hydrogen (secondary N) is 2. The van der Waals surface area contributed by atoms with Crippen LogP contribution in [0.3, 0.4) is 0 Å². The van der Waals surface area contributed by atoms with E-state index in [2.05, 4.69) is 20.4 Å². The summed E-state index contributed by atoms with van der Waals surface area (Å²) in [5, 5.41) is 6.93. The van der Waals surface area contributed by atoms with Crippen molar-refractivity contribution in [3.05, 3.63) is 59.3 Å². The number of aryl methyl sites for hydroxylation is 2. The summed E-state index contributed by atoms with van der Waals surface area (Å²) in [6.45, 7) is 4.22. The molecule has 25 heavy (non-hydrogen) atoms. The molecule has 0 aliphatic rings. The minimum absolute atomic E-state index is 0.260. The Bertz CT molecular complexity index is 877. The highest BCUT2D eigenvalue weighted by atomic mass is 16.2. The lowest BCUT2D eigenvalue weighted by Gasteiger charge is -2.11. The monoisotopic (exact) mass is 338 g/mol. The molecule has 7 nitrogen and oxygen atoms in total. The van der Waals surface area contributed by atoms with Crippen molar-refractivity contribution in [1.82, 2.24) is 25.1 Å². The topological polar surface area (TPSA) is 102 Å². The molecule has 0 saturated heterocycles. The first kappa shape index (κ1) is 16.9. The quantitative estimate of drug-likeness (QED) is 0.659. The Kier molecular flexibility index (Phi) is 4.67. The third-order valence-electron chi connectivity index (χ3n) is 4.31. The average molecular weight is 338 g/mol. The number of imidazole rings is 1. The summed E-state index contributed by atoms with van der Waals surface area (Å²) in [7, 11) is 1.82. The Hall–Kier alpha value is -2.93. The number of carbonyl (C=O) groups excluding carboxylic acids is 1. The Morgan fingerprint density at radius 3 is 2.64 bits per heavy atom. The molecule has 7 heteroatoms. The van der Waals surface area contributed by atoms with Gasteiger partial charge >= 0.3 is 0 Å². The number of aromatic nitrogens is 4. The summed E-state index contributed by atoms with van der Waals surface area (Å²) in [5.41, 5.74) is 10.8. The fourth-order valence-corrected chi connectivity index (χ4v) is 2.58. The van der Waals surface area contributed by atoms with E-state index in [1.165, 1.54) is 5.56 Å². The van der Waals surface area contributed by atoms with E-state index in [4.69, 9.17) is 5.73 Å². The molecular formula is C18H22N6O. The fraction of sp³-hybridized carbons (Fsp3) is 0.278. The van der Waals surface area contributed by atoms with Crippen LogP contribution in [0.4, 0.5) is 0 Å². The number of nitrogens with zero attached hydrogens (tertiary/aromatic N) is 3. The van der Waals surface area contributed by atoms with Gasteiger partial charge in [0.2, 0.25) is 5.91 Å². The standard InChI is InChI=1S/C18H22N6O/c1-11-4-6-13(7-5-11)15-9-20-16(23-15)10-21-18(25)17(19)14-8-22-24(3)12(14)2/h4-9,17H,10,19H2,1-3H3,(H,20,23)(H,21,25). The van der Waals surface area contributed by atoms with Crippen molar-refractivity contribution in [3.8, 4) is 11.3 Å². The molecule has 3 aromatic rings. The number of H-pyrrole nitrogens is 1. The molecule has 2 heterocycles. The summed E-state index contributed by atoms with van der Waals surface area (Å²) in [4.78, 5) is 19.8. The Morgan fingerprint density at radius 1 is 1.28 bits per heavy atom. The Balaban J connectivity index is 1.63. The maximum Gasteiger partial charge on any atom is 0.242 e. The molecule has 0 saturated carbocycles. The van der Waals surface area contributed by atoms with Crippen LogP contribution in [0.1, 0.15) is 28.7 Å². The number of benzene rings is 1. The van der Waals surface area contributed by atoms with Crippen molar-refractivity contribution in [2.45, 2.75) is 26.4 Å². The second-order valence-electron chi connectivity index (χ2n) is 6.11. The molecule has 1 unspecified atom stereocenters. The van der Waals surface area contributed by atoms with E-state index < -0.39 is 6.04 Å². The van der Waals surface area contributed by atoms with Crippen LogP contribution in [0.25, 0.3) is 11.3 Å². The third kappa shape index (κ3) is 3.61. The molecule has 0 aliphatic heterocycles. The summed E-state index contributed by atoms with van der Waals surface area (Å²) >= 11 is 0. The van der Waals surface area contributed by atoms with Crippen LogP contribution in [0.15, 0.2) is 36.7 Å². The second kappa shape index (κ2) is 6.90. The highest BCUT2D eigenvalue weighted by Crippen LogP contribution is 2.18. The van der Waals surface area contributed by atoms with E-state index in [-0.39, 0.29) is 12.5 Å². The van der Waals surface area contributed by atoms with E-state index in [0.717, 1.165) is 22.5 Å². The van der Waals surface area contributed by atoms with Gasteiger partial charge in [0.05, 0.1) is 24.6 Å². The van der Waals surface area contributed by atoms with Gasteiger partial charge in [-0.25, -0.2) is 4.98 Å². The lowest BCUT2D eigenvalue weighted by atomic mass is 10.1. The minimum Gasteiger partial charge on any atom is -0.347 e. The number of carbonyl (C=O) groups is 1. The van der Waals surface area contributed by atoms with Crippen LogP contribution in [0, 0.1) is 13.8 Å². The van der Waals surface area contributed by atoms with Gasteiger partial charge in [-0.05, 0) is 19.4 Å². The molecule has 2 aromatic heterocycles. The summed E-state index contributed by atoms with van der Waals surface area (Å²) in [6, 6.07) is 7.42. The second-order valence-corrected chi connectivity index (χ2v) is 6.11. The largest absolute Gasteiger partial charge is 0.347 e. The normalized spacial score (nSPS) is 12.2. The molecule has 1 aromatic carbocycles. The van der Waals surface area contributed by atoms with Crippen molar-refractivity contribution in [2.75, 3.05) is 0 Å². The molecule has 0 fully saturated rings. The van der Waals surface area contributed by atoms with Crippen molar-refractivity contribution in [3.63, 3.8) is 0 Å². The number of nitrogens with two attached hydrogens (primary N) is 1. The summed E-state index contributed by atoms with van der Waals surface area (Å²) in [6.07, 6.45) is 3.39. The van der Waals surface area contributed by atoms with E-state index in [0.29, 0.717) is 5.82 Å². The van der Waals surface area contributed by atoms with E-state index in [1.54, 1.807) is 17.1 Å². The first-order chi connectivity index (χ1) is 12.0. The highest BCUT2D eigenvalue weighted by Gasteiger charge is 2.20. The van der Waals surface area contributed by atoms with Gasteiger partial charge in [0.15, 0.2) is 0 Å². The maximum absolute atomic E-state index is 12.3. The lowest BCUT2D eigenvalue weighted by molar-refractivity contribution is -0.122. The fourth-order valence-electron chi connectivity index (χ4n) is 2.58. The Morgan fingerprint density at radius 2 is 2.00 bits per heavy atom. The SMILES string of the molecule is Cc1ccc(-c2cnc(CNC(=O)C(N)c3cnn(C)c3C)[nH]2)cc1.